The average Bonchev–Trinajstić information content (AvgIpc) is 2.97. The van der Waals surface area contributed by atoms with E-state index < -0.39 is 17.1 Å². The van der Waals surface area contributed by atoms with Crippen molar-refractivity contribution in [3.05, 3.63) is 24.3 Å². The van der Waals surface area contributed by atoms with Gasteiger partial charge in [0.2, 0.25) is 5.91 Å². The Morgan fingerprint density at radius 2 is 1.72 bits per heavy atom. The molecular weight excluding hydrogens is 414 g/mol. The van der Waals surface area contributed by atoms with Crippen molar-refractivity contribution in [1.29, 1.82) is 0 Å². The molecule has 1 aromatic rings. The van der Waals surface area contributed by atoms with Crippen LogP contribution in [0.5, 0.6) is 5.75 Å². The smallest absolute Gasteiger partial charge is 0.410 e. The van der Waals surface area contributed by atoms with Gasteiger partial charge in [-0.3, -0.25) is 4.79 Å². The van der Waals surface area contributed by atoms with Gasteiger partial charge in [-0.15, -0.1) is 0 Å². The average molecular weight is 448 g/mol. The molecule has 2 fully saturated rings. The zero-order valence-corrected chi connectivity index (χ0v) is 19.6. The van der Waals surface area contributed by atoms with Crippen molar-refractivity contribution in [3.8, 4) is 5.75 Å². The van der Waals surface area contributed by atoms with Crippen LogP contribution < -0.4 is 9.64 Å². The van der Waals surface area contributed by atoms with E-state index in [4.69, 9.17) is 14.2 Å². The molecule has 2 aliphatic rings. The standard InChI is InChI=1S/C23H33N3O6/c1-6-30-19(27)15-31-18-9-7-17(8-10-18)26-16-24(5)20(28)23(26)11-13-25(14-12-23)21(29)32-22(2,3)4/h7-10H,6,11-16H2,1-5H3. The summed E-state index contributed by atoms with van der Waals surface area (Å²) in [6, 6.07) is 7.33. The molecule has 32 heavy (non-hydrogen) atoms. The highest BCUT2D eigenvalue weighted by atomic mass is 16.6. The van der Waals surface area contributed by atoms with Crippen LogP contribution in [-0.2, 0) is 19.1 Å². The number of esters is 1. The normalized spacial score (nSPS) is 18.2. The first-order chi connectivity index (χ1) is 15.1. The number of likely N-dealkylation sites (tertiary alicyclic amines) is 1. The quantitative estimate of drug-likeness (QED) is 0.641. The van der Waals surface area contributed by atoms with E-state index in [1.54, 1.807) is 35.9 Å². The first-order valence-electron chi connectivity index (χ1n) is 11.0. The summed E-state index contributed by atoms with van der Waals surface area (Å²) in [5.74, 6) is 0.192. The summed E-state index contributed by atoms with van der Waals surface area (Å²) in [6.07, 6.45) is 0.702. The molecule has 0 radical (unpaired) electrons. The van der Waals surface area contributed by atoms with E-state index in [-0.39, 0.29) is 18.6 Å². The van der Waals surface area contributed by atoms with Crippen LogP contribution >= 0.6 is 0 Å². The second-order valence-corrected chi connectivity index (χ2v) is 9.16. The maximum Gasteiger partial charge on any atom is 0.410 e. The van der Waals surface area contributed by atoms with Crippen LogP contribution in [-0.4, -0.2) is 78.9 Å². The number of carbonyl (C=O) groups excluding carboxylic acids is 3. The number of piperidine rings is 1. The molecule has 0 atom stereocenters. The Bertz CT molecular complexity index is 840. The van der Waals surface area contributed by atoms with Crippen LogP contribution in [0.2, 0.25) is 0 Å². The fraction of sp³-hybridized carbons (Fsp3) is 0.609. The number of hydrogen-bond donors (Lipinski definition) is 0. The first-order valence-corrected chi connectivity index (χ1v) is 11.0. The van der Waals surface area contributed by atoms with Crippen LogP contribution in [0, 0.1) is 0 Å². The second-order valence-electron chi connectivity index (χ2n) is 9.16. The van der Waals surface area contributed by atoms with Crippen LogP contribution in [0.3, 0.4) is 0 Å². The van der Waals surface area contributed by atoms with Crippen molar-refractivity contribution in [2.45, 2.75) is 51.7 Å². The summed E-state index contributed by atoms with van der Waals surface area (Å²) >= 11 is 0. The minimum atomic E-state index is -0.694. The van der Waals surface area contributed by atoms with Gasteiger partial charge in [0.25, 0.3) is 0 Å². The number of anilines is 1. The Hall–Kier alpha value is -2.97. The highest BCUT2D eigenvalue weighted by Crippen LogP contribution is 2.39. The maximum atomic E-state index is 13.2. The van der Waals surface area contributed by atoms with E-state index in [1.807, 2.05) is 32.9 Å². The van der Waals surface area contributed by atoms with E-state index in [9.17, 15) is 14.4 Å². The molecule has 176 valence electrons. The monoisotopic (exact) mass is 447 g/mol. The summed E-state index contributed by atoms with van der Waals surface area (Å²) in [4.78, 5) is 42.6. The molecule has 1 spiro atoms. The zero-order chi connectivity index (χ0) is 23.5. The molecule has 9 nitrogen and oxygen atoms in total. The van der Waals surface area contributed by atoms with Gasteiger partial charge in [-0.1, -0.05) is 0 Å². The lowest BCUT2D eigenvalue weighted by Crippen LogP contribution is -2.57. The highest BCUT2D eigenvalue weighted by molar-refractivity contribution is 5.93. The van der Waals surface area contributed by atoms with Gasteiger partial charge in [0.1, 0.15) is 16.9 Å². The van der Waals surface area contributed by atoms with E-state index >= 15 is 0 Å². The van der Waals surface area contributed by atoms with Crippen molar-refractivity contribution in [3.63, 3.8) is 0 Å². The number of carbonyl (C=O) groups is 3. The van der Waals surface area contributed by atoms with E-state index in [1.165, 1.54) is 0 Å². The minimum absolute atomic E-state index is 0.0592. The Kier molecular flexibility index (Phi) is 6.85. The van der Waals surface area contributed by atoms with E-state index in [2.05, 4.69) is 4.90 Å². The fourth-order valence-electron chi connectivity index (χ4n) is 4.15. The molecule has 0 aromatic heterocycles. The molecule has 0 saturated carbocycles. The summed E-state index contributed by atoms with van der Waals surface area (Å²) in [5.41, 5.74) is -0.365. The lowest BCUT2D eigenvalue weighted by Gasteiger charge is -2.43. The molecule has 0 N–H and O–H groups in total. The molecule has 1 aromatic carbocycles. The lowest BCUT2D eigenvalue weighted by molar-refractivity contribution is -0.145. The van der Waals surface area contributed by atoms with Crippen LogP contribution in [0.25, 0.3) is 0 Å². The molecule has 0 unspecified atom stereocenters. The summed E-state index contributed by atoms with van der Waals surface area (Å²) in [6.45, 7) is 8.79. The van der Waals surface area contributed by atoms with Gasteiger partial charge in [-0.05, 0) is 64.8 Å². The van der Waals surface area contributed by atoms with Crippen molar-refractivity contribution >= 4 is 23.7 Å². The van der Waals surface area contributed by atoms with Crippen molar-refractivity contribution in [2.24, 2.45) is 0 Å². The highest BCUT2D eigenvalue weighted by Gasteiger charge is 2.53. The number of amides is 2. The molecule has 2 saturated heterocycles. The van der Waals surface area contributed by atoms with Crippen molar-refractivity contribution < 1.29 is 28.6 Å². The summed E-state index contributed by atoms with van der Waals surface area (Å²) < 4.78 is 15.8. The first kappa shape index (κ1) is 23.7. The predicted octanol–water partition coefficient (Wildman–Crippen LogP) is 2.63. The number of nitrogens with zero attached hydrogens (tertiary/aromatic N) is 3. The molecule has 9 heteroatoms. The van der Waals surface area contributed by atoms with Gasteiger partial charge >= 0.3 is 12.1 Å². The number of ether oxygens (including phenoxy) is 3. The Balaban J connectivity index is 1.70. The van der Waals surface area contributed by atoms with Gasteiger partial charge in [-0.2, -0.15) is 0 Å². The third-order valence-corrected chi connectivity index (χ3v) is 5.67. The van der Waals surface area contributed by atoms with Crippen molar-refractivity contribution in [2.75, 3.05) is 44.9 Å². The van der Waals surface area contributed by atoms with E-state index in [0.717, 1.165) is 5.69 Å². The van der Waals surface area contributed by atoms with Gasteiger partial charge in [0.05, 0.1) is 13.3 Å². The minimum Gasteiger partial charge on any atom is -0.482 e. The van der Waals surface area contributed by atoms with Gasteiger partial charge in [0, 0.05) is 25.8 Å². The van der Waals surface area contributed by atoms with Crippen LogP contribution in [0.1, 0.15) is 40.5 Å². The number of benzene rings is 1. The number of likely N-dealkylation sites (N-methyl/N-ethyl adjacent to an activating group) is 1. The van der Waals surface area contributed by atoms with Gasteiger partial charge in [-0.25, -0.2) is 9.59 Å². The zero-order valence-electron chi connectivity index (χ0n) is 19.6. The molecule has 2 aliphatic heterocycles. The van der Waals surface area contributed by atoms with Crippen LogP contribution in [0.15, 0.2) is 24.3 Å². The van der Waals surface area contributed by atoms with Crippen LogP contribution in [0.4, 0.5) is 10.5 Å². The molecule has 0 aliphatic carbocycles. The van der Waals surface area contributed by atoms with Crippen molar-refractivity contribution in [1.82, 2.24) is 9.80 Å². The third-order valence-electron chi connectivity index (χ3n) is 5.67. The Labute approximate surface area is 189 Å². The van der Waals surface area contributed by atoms with E-state index in [0.29, 0.717) is 45.0 Å². The maximum absolute atomic E-state index is 13.2. The predicted molar refractivity (Wildman–Crippen MR) is 118 cm³/mol. The SMILES string of the molecule is CCOC(=O)COc1ccc(N2CN(C)C(=O)C23CCN(C(=O)OC(C)(C)C)CC3)cc1. The number of rotatable bonds is 5. The largest absolute Gasteiger partial charge is 0.482 e. The van der Waals surface area contributed by atoms with Gasteiger partial charge in [0.15, 0.2) is 6.61 Å². The lowest BCUT2D eigenvalue weighted by atomic mass is 9.85. The summed E-state index contributed by atoms with van der Waals surface area (Å²) in [5, 5.41) is 0. The van der Waals surface area contributed by atoms with Gasteiger partial charge < -0.3 is 28.9 Å². The molecule has 0 bridgehead atoms. The number of hydrogen-bond acceptors (Lipinski definition) is 7. The Morgan fingerprint density at radius 1 is 1.09 bits per heavy atom. The molecule has 2 amide bonds. The molecular formula is C23H33N3O6. The topological polar surface area (TPSA) is 88.6 Å². The third kappa shape index (κ3) is 5.08. The molecule has 3 rings (SSSR count). The second kappa shape index (κ2) is 9.26. The summed E-state index contributed by atoms with van der Waals surface area (Å²) in [7, 11) is 1.79. The molecule has 2 heterocycles. The Morgan fingerprint density at radius 3 is 2.28 bits per heavy atom. The fourth-order valence-corrected chi connectivity index (χ4v) is 4.15.